The van der Waals surface area contributed by atoms with Crippen LogP contribution in [0.4, 0.5) is 5.69 Å². The van der Waals surface area contributed by atoms with Crippen LogP contribution in [0.1, 0.15) is 5.56 Å². The van der Waals surface area contributed by atoms with Crippen LogP contribution in [-0.4, -0.2) is 14.8 Å². The first-order valence-electron chi connectivity index (χ1n) is 5.66. The maximum atomic E-state index is 6.01. The summed E-state index contributed by atoms with van der Waals surface area (Å²) in [5.41, 5.74) is 9.40. The first-order chi connectivity index (χ1) is 9.13. The highest BCUT2D eigenvalue weighted by atomic mass is 35.5. The van der Waals surface area contributed by atoms with E-state index in [9.17, 15) is 0 Å². The van der Waals surface area contributed by atoms with Gasteiger partial charge in [-0.05, 0) is 30.7 Å². The minimum atomic E-state index is 0.609. The van der Waals surface area contributed by atoms with Gasteiger partial charge in [0.25, 0.3) is 0 Å². The molecule has 3 heterocycles. The summed E-state index contributed by atoms with van der Waals surface area (Å²) in [5, 5.41) is 6.42. The lowest BCUT2D eigenvalue weighted by molar-refractivity contribution is 0.848. The van der Waals surface area contributed by atoms with E-state index in [1.165, 1.54) is 11.3 Å². The van der Waals surface area contributed by atoms with Gasteiger partial charge in [-0.3, -0.25) is 0 Å². The minimum absolute atomic E-state index is 0.609. The molecule has 4 nitrogen and oxygen atoms in total. The summed E-state index contributed by atoms with van der Waals surface area (Å²) in [5.74, 6) is 0.749. The van der Waals surface area contributed by atoms with E-state index in [2.05, 4.69) is 10.1 Å². The number of hydrogen-bond donors (Lipinski definition) is 1. The number of nitrogens with zero attached hydrogens (tertiary/aromatic N) is 3. The molecule has 2 N–H and O–H groups in total. The van der Waals surface area contributed by atoms with Crippen molar-refractivity contribution in [3.63, 3.8) is 0 Å². The lowest BCUT2D eigenvalue weighted by atomic mass is 10.2. The van der Waals surface area contributed by atoms with Crippen molar-refractivity contribution in [1.29, 1.82) is 0 Å². The van der Waals surface area contributed by atoms with E-state index in [1.54, 1.807) is 17.1 Å². The Hall–Kier alpha value is -1.85. The molecule has 0 amide bonds. The molecule has 0 fully saturated rings. The van der Waals surface area contributed by atoms with E-state index in [4.69, 9.17) is 17.3 Å². The molecule has 0 radical (unpaired) electrons. The Labute approximate surface area is 119 Å². The molecule has 96 valence electrons. The molecule has 3 aromatic rings. The Bertz CT molecular complexity index is 732. The first-order valence-corrected chi connectivity index (χ1v) is 6.92. The largest absolute Gasteiger partial charge is 0.396 e. The maximum Gasteiger partial charge on any atom is 0.153 e. The average molecular weight is 291 g/mol. The Kier molecular flexibility index (Phi) is 3.00. The molecule has 3 aromatic heterocycles. The number of hydrogen-bond acceptors (Lipinski definition) is 4. The van der Waals surface area contributed by atoms with E-state index in [-0.39, 0.29) is 0 Å². The van der Waals surface area contributed by atoms with Crippen molar-refractivity contribution in [3.8, 4) is 17.1 Å². The standard InChI is InChI=1S/C13H11ClN4S/c1-8-2-3-16-12(4-8)18-6-10(15)13(17-18)9-5-11(14)19-7-9/h2-7H,15H2,1H3. The van der Waals surface area contributed by atoms with Gasteiger partial charge in [0.2, 0.25) is 0 Å². The zero-order chi connectivity index (χ0) is 13.4. The van der Waals surface area contributed by atoms with Gasteiger partial charge in [0.05, 0.1) is 16.2 Å². The molecule has 0 aliphatic carbocycles. The molecule has 3 rings (SSSR count). The molecule has 0 aliphatic rings. The first kappa shape index (κ1) is 12.2. The Morgan fingerprint density at radius 2 is 2.21 bits per heavy atom. The Morgan fingerprint density at radius 1 is 1.37 bits per heavy atom. The van der Waals surface area contributed by atoms with Crippen LogP contribution < -0.4 is 5.73 Å². The number of thiophene rings is 1. The third-order valence-electron chi connectivity index (χ3n) is 2.72. The third-order valence-corrected chi connectivity index (χ3v) is 3.81. The van der Waals surface area contributed by atoms with Crippen LogP contribution in [-0.2, 0) is 0 Å². The molecule has 0 unspecified atom stereocenters. The van der Waals surface area contributed by atoms with Gasteiger partial charge in [-0.25, -0.2) is 9.67 Å². The normalized spacial score (nSPS) is 10.8. The lowest BCUT2D eigenvalue weighted by Crippen LogP contribution is -1.98. The zero-order valence-corrected chi connectivity index (χ0v) is 11.7. The molecule has 0 saturated heterocycles. The Balaban J connectivity index is 2.06. The molecule has 0 aromatic carbocycles. The SMILES string of the molecule is Cc1ccnc(-n2cc(N)c(-c3csc(Cl)c3)n2)c1. The van der Waals surface area contributed by atoms with Gasteiger partial charge in [-0.15, -0.1) is 11.3 Å². The quantitative estimate of drug-likeness (QED) is 0.785. The maximum absolute atomic E-state index is 6.01. The predicted molar refractivity (Wildman–Crippen MR) is 78.8 cm³/mol. The highest BCUT2D eigenvalue weighted by molar-refractivity contribution is 7.14. The van der Waals surface area contributed by atoms with Crippen LogP contribution in [0.3, 0.4) is 0 Å². The topological polar surface area (TPSA) is 56.7 Å². The predicted octanol–water partition coefficient (Wildman–Crippen LogP) is 3.54. The minimum Gasteiger partial charge on any atom is -0.396 e. The second-order valence-electron chi connectivity index (χ2n) is 4.21. The number of pyridine rings is 1. The number of halogens is 1. The summed E-state index contributed by atoms with van der Waals surface area (Å²) in [6.07, 6.45) is 3.52. The number of nitrogens with two attached hydrogens (primary N) is 1. The molecule has 0 spiro atoms. The van der Waals surface area contributed by atoms with Crippen molar-refractivity contribution in [2.45, 2.75) is 6.92 Å². The summed E-state index contributed by atoms with van der Waals surface area (Å²) in [6, 6.07) is 5.76. The molecular formula is C13H11ClN4S. The zero-order valence-electron chi connectivity index (χ0n) is 10.2. The molecule has 0 saturated carbocycles. The van der Waals surface area contributed by atoms with Crippen molar-refractivity contribution in [3.05, 3.63) is 45.9 Å². The van der Waals surface area contributed by atoms with Crippen LogP contribution in [0.15, 0.2) is 36.0 Å². The van der Waals surface area contributed by atoms with Crippen molar-refractivity contribution in [1.82, 2.24) is 14.8 Å². The van der Waals surface area contributed by atoms with Gasteiger partial charge in [0, 0.05) is 17.1 Å². The van der Waals surface area contributed by atoms with Gasteiger partial charge in [0.1, 0.15) is 5.69 Å². The van der Waals surface area contributed by atoms with Crippen molar-refractivity contribution in [2.24, 2.45) is 0 Å². The highest BCUT2D eigenvalue weighted by Gasteiger charge is 2.11. The molecule has 0 bridgehead atoms. The monoisotopic (exact) mass is 290 g/mol. The number of aryl methyl sites for hydroxylation is 1. The fraction of sp³-hybridized carbons (Fsp3) is 0.0769. The summed E-state index contributed by atoms with van der Waals surface area (Å²) >= 11 is 7.40. The van der Waals surface area contributed by atoms with Gasteiger partial charge in [0.15, 0.2) is 5.82 Å². The van der Waals surface area contributed by atoms with Crippen LogP contribution >= 0.6 is 22.9 Å². The fourth-order valence-corrected chi connectivity index (χ4v) is 2.67. The molecule has 6 heteroatoms. The van der Waals surface area contributed by atoms with E-state index < -0.39 is 0 Å². The van der Waals surface area contributed by atoms with Crippen LogP contribution in [0.5, 0.6) is 0 Å². The van der Waals surface area contributed by atoms with Crippen LogP contribution in [0.25, 0.3) is 17.1 Å². The molecular weight excluding hydrogens is 280 g/mol. The van der Waals surface area contributed by atoms with Crippen LogP contribution in [0, 0.1) is 6.92 Å². The second-order valence-corrected chi connectivity index (χ2v) is 5.75. The number of rotatable bonds is 2. The van der Waals surface area contributed by atoms with Gasteiger partial charge in [-0.2, -0.15) is 5.10 Å². The molecule has 0 atom stereocenters. The lowest BCUT2D eigenvalue weighted by Gasteiger charge is -2.00. The van der Waals surface area contributed by atoms with Gasteiger partial charge in [-0.1, -0.05) is 11.6 Å². The fourth-order valence-electron chi connectivity index (χ4n) is 1.81. The van der Waals surface area contributed by atoms with E-state index >= 15 is 0 Å². The number of anilines is 1. The second kappa shape index (κ2) is 4.68. The van der Waals surface area contributed by atoms with Gasteiger partial charge >= 0.3 is 0 Å². The van der Waals surface area contributed by atoms with E-state index in [1.807, 2.05) is 30.5 Å². The van der Waals surface area contributed by atoms with Crippen molar-refractivity contribution < 1.29 is 0 Å². The summed E-state index contributed by atoms with van der Waals surface area (Å²) < 4.78 is 2.40. The summed E-state index contributed by atoms with van der Waals surface area (Å²) in [6.45, 7) is 2.01. The van der Waals surface area contributed by atoms with E-state index in [0.717, 1.165) is 27.0 Å². The van der Waals surface area contributed by atoms with Crippen LogP contribution in [0.2, 0.25) is 4.34 Å². The van der Waals surface area contributed by atoms with Gasteiger partial charge < -0.3 is 5.73 Å². The smallest absolute Gasteiger partial charge is 0.153 e. The van der Waals surface area contributed by atoms with E-state index in [0.29, 0.717) is 5.69 Å². The summed E-state index contributed by atoms with van der Waals surface area (Å²) in [4.78, 5) is 4.28. The highest BCUT2D eigenvalue weighted by Crippen LogP contribution is 2.31. The van der Waals surface area contributed by atoms with Crippen molar-refractivity contribution in [2.75, 3.05) is 5.73 Å². The average Bonchev–Trinajstić information content (AvgIpc) is 2.95. The third kappa shape index (κ3) is 2.34. The number of nitrogen functional groups attached to an aromatic ring is 1. The number of aromatic nitrogens is 3. The van der Waals surface area contributed by atoms with Crippen molar-refractivity contribution >= 4 is 28.6 Å². The summed E-state index contributed by atoms with van der Waals surface area (Å²) in [7, 11) is 0. The Morgan fingerprint density at radius 3 is 2.89 bits per heavy atom. The molecule has 19 heavy (non-hydrogen) atoms. The molecule has 0 aliphatic heterocycles.